The number of fused-ring (bicyclic) bond motifs is 2. The zero-order valence-electron chi connectivity index (χ0n) is 12.1. The molecule has 1 saturated carbocycles. The van der Waals surface area contributed by atoms with Crippen LogP contribution in [0.3, 0.4) is 0 Å². The van der Waals surface area contributed by atoms with E-state index in [0.29, 0.717) is 12.1 Å². The summed E-state index contributed by atoms with van der Waals surface area (Å²) in [6.07, 6.45) is 1.45. The Morgan fingerprint density at radius 1 is 1.35 bits per heavy atom. The third kappa shape index (κ3) is 1.91. The molecule has 5 unspecified atom stereocenters. The number of aliphatic hydroxyl groups excluding tert-OH is 1. The van der Waals surface area contributed by atoms with Crippen LogP contribution in [0.15, 0.2) is 30.3 Å². The Labute approximate surface area is 120 Å². The van der Waals surface area contributed by atoms with E-state index in [2.05, 4.69) is 6.92 Å². The minimum absolute atomic E-state index is 0.0679. The summed E-state index contributed by atoms with van der Waals surface area (Å²) in [7, 11) is -2.35. The van der Waals surface area contributed by atoms with E-state index in [0.717, 1.165) is 11.7 Å². The van der Waals surface area contributed by atoms with Crippen molar-refractivity contribution in [3.63, 3.8) is 0 Å². The number of rotatable bonds is 3. The molecule has 3 rings (SSSR count). The van der Waals surface area contributed by atoms with E-state index in [1.54, 1.807) is 6.92 Å². The first-order chi connectivity index (χ1) is 9.40. The van der Waals surface area contributed by atoms with E-state index in [9.17, 15) is 14.8 Å². The molecular weight excluding hydrogens is 271 g/mol. The summed E-state index contributed by atoms with van der Waals surface area (Å²) in [6.45, 7) is 3.65. The lowest BCUT2D eigenvalue weighted by Gasteiger charge is -2.37. The van der Waals surface area contributed by atoms with Crippen molar-refractivity contribution >= 4 is 12.4 Å². The van der Waals surface area contributed by atoms with Crippen molar-refractivity contribution in [3.05, 3.63) is 30.3 Å². The van der Waals surface area contributed by atoms with Crippen LogP contribution in [0.5, 0.6) is 0 Å². The second-order valence-electron chi connectivity index (χ2n) is 6.76. The summed E-state index contributed by atoms with van der Waals surface area (Å²) in [4.78, 5) is 0. The minimum atomic E-state index is -2.35. The number of hydrogen-bond acceptors (Lipinski definition) is 3. The van der Waals surface area contributed by atoms with Gasteiger partial charge >= 0.3 is 0 Å². The fourth-order valence-corrected chi connectivity index (χ4v) is 8.71. The lowest BCUT2D eigenvalue weighted by atomic mass is 9.80. The lowest BCUT2D eigenvalue weighted by molar-refractivity contribution is -0.0591. The predicted molar refractivity (Wildman–Crippen MR) is 80.8 cm³/mol. The van der Waals surface area contributed by atoms with E-state index in [1.807, 2.05) is 30.3 Å². The van der Waals surface area contributed by atoms with Gasteiger partial charge in [0.25, 0.3) is 0 Å². The summed E-state index contributed by atoms with van der Waals surface area (Å²) in [5, 5.41) is 20.7. The summed E-state index contributed by atoms with van der Waals surface area (Å²) in [5.41, 5.74) is -0.881. The van der Waals surface area contributed by atoms with E-state index >= 15 is 0 Å². The van der Waals surface area contributed by atoms with Gasteiger partial charge in [-0.05, 0) is 31.1 Å². The monoisotopic (exact) mass is 294 g/mol. The highest BCUT2D eigenvalue weighted by atomic mass is 31.2. The van der Waals surface area contributed by atoms with Crippen molar-refractivity contribution in [1.29, 1.82) is 0 Å². The molecule has 1 aromatic carbocycles. The molecule has 110 valence electrons. The Bertz CT molecular complexity index is 540. The van der Waals surface area contributed by atoms with Gasteiger partial charge in [0.2, 0.25) is 0 Å². The van der Waals surface area contributed by atoms with Crippen LogP contribution in [0.1, 0.15) is 20.3 Å². The average Bonchev–Trinajstić information content (AvgIpc) is 2.90. The molecule has 2 fully saturated rings. The molecule has 1 aromatic rings. The first-order valence-corrected chi connectivity index (χ1v) is 9.34. The molecule has 2 bridgehead atoms. The zero-order chi connectivity index (χ0) is 14.5. The normalized spacial score (nSPS) is 42.6. The molecular formula is C16H23O3P. The molecule has 3 nitrogen and oxygen atoms in total. The molecule has 1 saturated heterocycles. The Morgan fingerprint density at radius 2 is 2.00 bits per heavy atom. The average molecular weight is 294 g/mol. The molecule has 0 radical (unpaired) electrons. The van der Waals surface area contributed by atoms with Gasteiger partial charge in [0.1, 0.15) is 7.14 Å². The smallest absolute Gasteiger partial charge is 0.119 e. The topological polar surface area (TPSA) is 57.5 Å². The van der Waals surface area contributed by atoms with Crippen LogP contribution in [0.4, 0.5) is 0 Å². The van der Waals surface area contributed by atoms with Crippen molar-refractivity contribution in [3.8, 4) is 0 Å². The van der Waals surface area contributed by atoms with Gasteiger partial charge in [-0.1, -0.05) is 37.3 Å². The second-order valence-corrected chi connectivity index (χ2v) is 9.90. The molecule has 2 N–H and O–H groups in total. The van der Waals surface area contributed by atoms with Gasteiger partial charge in [-0.3, -0.25) is 0 Å². The van der Waals surface area contributed by atoms with E-state index in [1.165, 1.54) is 0 Å². The fraction of sp³-hybridized carbons (Fsp3) is 0.625. The Hall–Kier alpha value is -0.630. The van der Waals surface area contributed by atoms with E-state index in [4.69, 9.17) is 0 Å². The fourth-order valence-electron chi connectivity index (χ4n) is 4.40. The summed E-state index contributed by atoms with van der Waals surface area (Å²) < 4.78 is 13.4. The quantitative estimate of drug-likeness (QED) is 0.839. The molecule has 4 heteroatoms. The third-order valence-electron chi connectivity index (χ3n) is 5.62. The lowest BCUT2D eigenvalue weighted by Crippen LogP contribution is -2.43. The van der Waals surface area contributed by atoms with Crippen molar-refractivity contribution in [2.24, 2.45) is 17.8 Å². The van der Waals surface area contributed by atoms with Crippen LogP contribution in [0.25, 0.3) is 0 Å². The van der Waals surface area contributed by atoms with Gasteiger partial charge in [0, 0.05) is 17.1 Å². The third-order valence-corrected chi connectivity index (χ3v) is 9.51. The maximum absolute atomic E-state index is 13.4. The van der Waals surface area contributed by atoms with Crippen LogP contribution in [0.2, 0.25) is 0 Å². The summed E-state index contributed by atoms with van der Waals surface area (Å²) in [5.74, 6) is 0.690. The molecule has 0 aromatic heterocycles. The van der Waals surface area contributed by atoms with Crippen LogP contribution in [0, 0.1) is 17.8 Å². The van der Waals surface area contributed by atoms with E-state index < -0.39 is 12.7 Å². The van der Waals surface area contributed by atoms with Gasteiger partial charge in [-0.2, -0.15) is 0 Å². The summed E-state index contributed by atoms with van der Waals surface area (Å²) >= 11 is 0. The molecule has 6 atom stereocenters. The highest BCUT2D eigenvalue weighted by Gasteiger charge is 2.60. The zero-order valence-corrected chi connectivity index (χ0v) is 13.0. The number of hydrogen-bond donors (Lipinski definition) is 2. The Morgan fingerprint density at radius 3 is 2.50 bits per heavy atom. The van der Waals surface area contributed by atoms with Gasteiger partial charge in [-0.25, -0.2) is 0 Å². The standard InChI is InChI=1S/C16H23O3P/c1-11-13-9-20(19,12-6-4-3-5-7-12)15(11)8-14(13)16(2,18)10-17/h3-7,11,13-15,17-18H,8-10H2,1-2H3/t11?,13?,14?,15?,16-,20?/m0/s1. The predicted octanol–water partition coefficient (Wildman–Crippen LogP) is 2.07. The van der Waals surface area contributed by atoms with Gasteiger partial charge in [0.05, 0.1) is 12.2 Å². The highest BCUT2D eigenvalue weighted by molar-refractivity contribution is 7.72. The Kier molecular flexibility index (Phi) is 3.36. The van der Waals surface area contributed by atoms with Crippen molar-refractivity contribution in [2.75, 3.05) is 12.8 Å². The van der Waals surface area contributed by atoms with Crippen LogP contribution in [-0.2, 0) is 4.57 Å². The molecule has 20 heavy (non-hydrogen) atoms. The molecule has 1 heterocycles. The maximum atomic E-state index is 13.4. The number of aliphatic hydroxyl groups is 2. The molecule has 2 aliphatic rings. The molecule has 1 aliphatic carbocycles. The van der Waals surface area contributed by atoms with Gasteiger partial charge in [0.15, 0.2) is 0 Å². The van der Waals surface area contributed by atoms with Crippen molar-refractivity contribution < 1.29 is 14.8 Å². The second kappa shape index (κ2) is 4.69. The largest absolute Gasteiger partial charge is 0.393 e. The van der Waals surface area contributed by atoms with Gasteiger partial charge in [-0.15, -0.1) is 0 Å². The van der Waals surface area contributed by atoms with Crippen LogP contribution < -0.4 is 5.30 Å². The van der Waals surface area contributed by atoms with Crippen LogP contribution >= 0.6 is 7.14 Å². The maximum Gasteiger partial charge on any atom is 0.119 e. The van der Waals surface area contributed by atoms with Crippen LogP contribution in [-0.4, -0.2) is 34.2 Å². The minimum Gasteiger partial charge on any atom is -0.393 e. The Balaban J connectivity index is 1.92. The molecule has 0 spiro atoms. The van der Waals surface area contributed by atoms with Gasteiger partial charge < -0.3 is 14.8 Å². The number of benzene rings is 1. The van der Waals surface area contributed by atoms with Crippen molar-refractivity contribution in [2.45, 2.75) is 31.5 Å². The molecule has 1 aliphatic heterocycles. The summed E-state index contributed by atoms with van der Waals surface area (Å²) in [6, 6.07) is 9.81. The highest BCUT2D eigenvalue weighted by Crippen LogP contribution is 2.70. The van der Waals surface area contributed by atoms with E-state index in [-0.39, 0.29) is 24.1 Å². The SMILES string of the molecule is CC1C2CP(=O)(c3ccccc3)C1CC2[C@@](C)(O)CO. The molecule has 0 amide bonds. The first kappa shape index (κ1) is 14.3. The first-order valence-electron chi connectivity index (χ1n) is 7.38. The van der Waals surface area contributed by atoms with Crippen molar-refractivity contribution in [1.82, 2.24) is 0 Å².